The molecule has 2 aromatic rings. The average Bonchev–Trinajstić information content (AvgIpc) is 3.06. The molecule has 1 fully saturated rings. The number of anilines is 1. The first-order chi connectivity index (χ1) is 13.2. The van der Waals surface area contributed by atoms with Gasteiger partial charge in [0.15, 0.2) is 0 Å². The molecule has 1 saturated heterocycles. The van der Waals surface area contributed by atoms with Gasteiger partial charge < -0.3 is 10.1 Å². The van der Waals surface area contributed by atoms with Gasteiger partial charge in [0.2, 0.25) is 11.8 Å². The van der Waals surface area contributed by atoms with Crippen molar-refractivity contribution >= 4 is 27.5 Å². The Balaban J connectivity index is 1.89. The second-order valence-corrected chi connectivity index (χ2v) is 8.53. The fourth-order valence-corrected chi connectivity index (χ4v) is 4.80. The molecule has 0 aromatic heterocycles. The number of sulfonamides is 1. The fourth-order valence-electron chi connectivity index (χ4n) is 3.11. The summed E-state index contributed by atoms with van der Waals surface area (Å²) in [5.74, 6) is -0.574. The molecule has 1 N–H and O–H groups in total. The summed E-state index contributed by atoms with van der Waals surface area (Å²) >= 11 is 0. The number of hydrogen-bond donors (Lipinski definition) is 1. The monoisotopic (exact) mass is 402 g/mol. The van der Waals surface area contributed by atoms with Gasteiger partial charge in [-0.1, -0.05) is 12.1 Å². The summed E-state index contributed by atoms with van der Waals surface area (Å²) < 4.78 is 32.0. The van der Waals surface area contributed by atoms with Crippen molar-refractivity contribution in [2.24, 2.45) is 0 Å². The Morgan fingerprint density at radius 2 is 1.89 bits per heavy atom. The first kappa shape index (κ1) is 19.9. The molecule has 0 radical (unpaired) electrons. The van der Waals surface area contributed by atoms with Crippen LogP contribution in [-0.2, 0) is 19.6 Å². The lowest BCUT2D eigenvalue weighted by atomic mass is 10.1. The second-order valence-electron chi connectivity index (χ2n) is 6.72. The van der Waals surface area contributed by atoms with Crippen molar-refractivity contribution in [3.05, 3.63) is 53.6 Å². The van der Waals surface area contributed by atoms with Crippen LogP contribution in [0.3, 0.4) is 0 Å². The Labute approximate surface area is 164 Å². The minimum atomic E-state index is -4.13. The second kappa shape index (κ2) is 7.63. The number of aryl methyl sites for hydroxylation is 2. The molecule has 3 rings (SSSR count). The van der Waals surface area contributed by atoms with Gasteiger partial charge >= 0.3 is 0 Å². The minimum absolute atomic E-state index is 0.000269. The number of carbonyl (C=O) groups excluding carboxylic acids is 2. The van der Waals surface area contributed by atoms with E-state index >= 15 is 0 Å². The van der Waals surface area contributed by atoms with Crippen molar-refractivity contribution < 1.29 is 22.7 Å². The van der Waals surface area contributed by atoms with Crippen LogP contribution in [0.25, 0.3) is 0 Å². The summed E-state index contributed by atoms with van der Waals surface area (Å²) in [6.07, 6.45) is 0.138. The van der Waals surface area contributed by atoms with Gasteiger partial charge in [-0.25, -0.2) is 12.7 Å². The van der Waals surface area contributed by atoms with Crippen LogP contribution in [0.1, 0.15) is 24.0 Å². The van der Waals surface area contributed by atoms with E-state index in [1.807, 2.05) is 6.92 Å². The minimum Gasteiger partial charge on any atom is -0.497 e. The molecule has 0 aliphatic carbocycles. The van der Waals surface area contributed by atoms with E-state index in [9.17, 15) is 18.0 Å². The smallest absolute Gasteiger partial charge is 0.267 e. The highest BCUT2D eigenvalue weighted by molar-refractivity contribution is 7.89. The van der Waals surface area contributed by atoms with Crippen LogP contribution in [0.15, 0.2) is 47.4 Å². The number of rotatable bonds is 5. The number of nitrogens with zero attached hydrogens (tertiary/aromatic N) is 1. The predicted molar refractivity (Wildman–Crippen MR) is 105 cm³/mol. The van der Waals surface area contributed by atoms with Crippen molar-refractivity contribution in [3.8, 4) is 5.75 Å². The van der Waals surface area contributed by atoms with Crippen molar-refractivity contribution in [1.82, 2.24) is 4.31 Å². The molecular formula is C20H22N2O5S. The molecule has 8 heteroatoms. The Morgan fingerprint density at radius 3 is 2.57 bits per heavy atom. The average molecular weight is 402 g/mol. The van der Waals surface area contributed by atoms with E-state index < -0.39 is 27.9 Å². The van der Waals surface area contributed by atoms with Gasteiger partial charge in [0.1, 0.15) is 11.8 Å². The maximum atomic E-state index is 13.1. The highest BCUT2D eigenvalue weighted by atomic mass is 32.2. The Morgan fingerprint density at radius 1 is 1.14 bits per heavy atom. The van der Waals surface area contributed by atoms with Gasteiger partial charge in [-0.15, -0.1) is 0 Å². The third kappa shape index (κ3) is 3.73. The van der Waals surface area contributed by atoms with Gasteiger partial charge in [-0.3, -0.25) is 9.59 Å². The van der Waals surface area contributed by atoms with E-state index in [4.69, 9.17) is 4.74 Å². The van der Waals surface area contributed by atoms with Crippen molar-refractivity contribution in [3.63, 3.8) is 0 Å². The Bertz CT molecular complexity index is 1030. The standard InChI is InChI=1S/C20H22N2O5S/c1-13-7-8-17(11-14(13)2)28(25,26)22-18(9-10-19(22)23)20(24)21-15-5-4-6-16(12-15)27-3/h4-8,11-12,18H,9-10H2,1-3H3,(H,21,24)/t18-/m1/s1. The van der Waals surface area contributed by atoms with Gasteiger partial charge in [0.05, 0.1) is 12.0 Å². The molecule has 28 heavy (non-hydrogen) atoms. The van der Waals surface area contributed by atoms with Crippen LogP contribution < -0.4 is 10.1 Å². The zero-order valence-electron chi connectivity index (χ0n) is 15.9. The molecule has 148 valence electrons. The first-order valence-electron chi connectivity index (χ1n) is 8.83. The molecule has 2 aromatic carbocycles. The molecule has 1 aliphatic rings. The summed E-state index contributed by atoms with van der Waals surface area (Å²) in [5, 5.41) is 2.68. The van der Waals surface area contributed by atoms with E-state index in [0.717, 1.165) is 11.1 Å². The SMILES string of the molecule is COc1cccc(NC(=O)[C@H]2CCC(=O)N2S(=O)(=O)c2ccc(C)c(C)c2)c1. The van der Waals surface area contributed by atoms with E-state index in [1.165, 1.54) is 19.2 Å². The quantitative estimate of drug-likeness (QED) is 0.830. The van der Waals surface area contributed by atoms with Crippen molar-refractivity contribution in [1.29, 1.82) is 0 Å². The molecule has 7 nitrogen and oxygen atoms in total. The Kier molecular flexibility index (Phi) is 5.42. The molecule has 1 atom stereocenters. The lowest BCUT2D eigenvalue weighted by molar-refractivity contribution is -0.128. The number of amides is 2. The highest BCUT2D eigenvalue weighted by Gasteiger charge is 2.44. The van der Waals surface area contributed by atoms with Crippen LogP contribution >= 0.6 is 0 Å². The van der Waals surface area contributed by atoms with Crippen LogP contribution in [0.5, 0.6) is 5.75 Å². The molecule has 0 spiro atoms. The number of hydrogen-bond acceptors (Lipinski definition) is 5. The molecule has 0 bridgehead atoms. The molecule has 2 amide bonds. The van der Waals surface area contributed by atoms with Crippen LogP contribution in [0.2, 0.25) is 0 Å². The lowest BCUT2D eigenvalue weighted by Gasteiger charge is -2.24. The predicted octanol–water partition coefficient (Wildman–Crippen LogP) is 2.63. The van der Waals surface area contributed by atoms with E-state index in [1.54, 1.807) is 37.3 Å². The molecule has 1 aliphatic heterocycles. The maximum Gasteiger partial charge on any atom is 0.267 e. The van der Waals surface area contributed by atoms with Crippen molar-refractivity contribution in [2.45, 2.75) is 37.6 Å². The van der Waals surface area contributed by atoms with Crippen LogP contribution in [0, 0.1) is 13.8 Å². The molecular weight excluding hydrogens is 380 g/mol. The molecule has 1 heterocycles. The Hall–Kier alpha value is -2.87. The zero-order chi connectivity index (χ0) is 20.5. The topological polar surface area (TPSA) is 92.8 Å². The third-order valence-electron chi connectivity index (χ3n) is 4.84. The van der Waals surface area contributed by atoms with Gasteiger partial charge in [0.25, 0.3) is 10.0 Å². The molecule has 0 saturated carbocycles. The summed E-state index contributed by atoms with van der Waals surface area (Å²) in [6.45, 7) is 3.67. The number of methoxy groups -OCH3 is 1. The largest absolute Gasteiger partial charge is 0.497 e. The molecule has 0 unspecified atom stereocenters. The fraction of sp³-hybridized carbons (Fsp3) is 0.300. The van der Waals surface area contributed by atoms with E-state index in [0.29, 0.717) is 15.7 Å². The lowest BCUT2D eigenvalue weighted by Crippen LogP contribution is -2.45. The number of ether oxygens (including phenoxy) is 1. The van der Waals surface area contributed by atoms with Crippen molar-refractivity contribution in [2.75, 3.05) is 12.4 Å². The highest BCUT2D eigenvalue weighted by Crippen LogP contribution is 2.29. The van der Waals surface area contributed by atoms with Gasteiger partial charge in [-0.2, -0.15) is 0 Å². The van der Waals surface area contributed by atoms with Crippen LogP contribution in [-0.4, -0.2) is 37.7 Å². The first-order valence-corrected chi connectivity index (χ1v) is 10.3. The van der Waals surface area contributed by atoms with Gasteiger partial charge in [0, 0.05) is 18.2 Å². The summed E-state index contributed by atoms with van der Waals surface area (Å²) in [5.41, 5.74) is 2.20. The number of nitrogens with one attached hydrogen (secondary N) is 1. The maximum absolute atomic E-state index is 13.1. The van der Waals surface area contributed by atoms with Gasteiger partial charge in [-0.05, 0) is 55.7 Å². The van der Waals surface area contributed by atoms with Crippen LogP contribution in [0.4, 0.5) is 5.69 Å². The number of benzene rings is 2. The third-order valence-corrected chi connectivity index (χ3v) is 6.66. The summed E-state index contributed by atoms with van der Waals surface area (Å²) in [4.78, 5) is 25.1. The van der Waals surface area contributed by atoms with E-state index in [-0.39, 0.29) is 17.7 Å². The van der Waals surface area contributed by atoms with E-state index in [2.05, 4.69) is 5.32 Å². The summed E-state index contributed by atoms with van der Waals surface area (Å²) in [7, 11) is -2.62. The summed E-state index contributed by atoms with van der Waals surface area (Å²) in [6, 6.07) is 10.3. The zero-order valence-corrected chi connectivity index (χ0v) is 16.7. The number of carbonyl (C=O) groups is 2. The normalized spacial score (nSPS) is 16.9.